The maximum atomic E-state index is 13.0. The van der Waals surface area contributed by atoms with Gasteiger partial charge in [-0.05, 0) is 36.8 Å². The van der Waals surface area contributed by atoms with Gasteiger partial charge in [-0.2, -0.15) is 5.26 Å². The average Bonchev–Trinajstić information content (AvgIpc) is 3.27. The first-order chi connectivity index (χ1) is 11.7. The van der Waals surface area contributed by atoms with E-state index in [9.17, 15) is 23.6 Å². The van der Waals surface area contributed by atoms with Crippen LogP contribution in [0.5, 0.6) is 0 Å². The molecule has 0 saturated heterocycles. The summed E-state index contributed by atoms with van der Waals surface area (Å²) in [4.78, 5) is 11.8. The highest BCUT2D eigenvalue weighted by molar-refractivity contribution is 9.10. The van der Waals surface area contributed by atoms with Crippen LogP contribution in [-0.2, 0) is 14.6 Å². The Hall–Kier alpha value is -2.17. The molecule has 0 aliphatic heterocycles. The van der Waals surface area contributed by atoms with Crippen molar-refractivity contribution in [2.45, 2.75) is 23.0 Å². The van der Waals surface area contributed by atoms with Gasteiger partial charge in [-0.15, -0.1) is 0 Å². The van der Waals surface area contributed by atoms with Gasteiger partial charge >= 0.3 is 5.97 Å². The molecular weight excluding hydrogens is 406 g/mol. The number of nitriles is 1. The third-order valence-corrected chi connectivity index (χ3v) is 7.36. The van der Waals surface area contributed by atoms with Crippen LogP contribution in [0.3, 0.4) is 0 Å². The van der Waals surface area contributed by atoms with Gasteiger partial charge in [0.15, 0.2) is 15.3 Å². The zero-order chi connectivity index (χ0) is 18.4. The number of sulfone groups is 1. The minimum absolute atomic E-state index is 0.0311. The third kappa shape index (κ3) is 2.66. The van der Waals surface area contributed by atoms with E-state index in [0.29, 0.717) is 5.56 Å². The van der Waals surface area contributed by atoms with E-state index in [1.54, 1.807) is 42.5 Å². The summed E-state index contributed by atoms with van der Waals surface area (Å²) in [5.41, 5.74) is -0.561. The van der Waals surface area contributed by atoms with Crippen molar-refractivity contribution >= 4 is 31.7 Å². The zero-order valence-electron chi connectivity index (χ0n) is 13.2. The fourth-order valence-electron chi connectivity index (χ4n) is 3.20. The van der Waals surface area contributed by atoms with Gasteiger partial charge in [0.05, 0.1) is 11.0 Å². The summed E-state index contributed by atoms with van der Waals surface area (Å²) < 4.78 is 26.8. The summed E-state index contributed by atoms with van der Waals surface area (Å²) in [6, 6.07) is 14.7. The normalized spacial score (nSPS) is 25.2. The Morgan fingerprint density at radius 2 is 1.72 bits per heavy atom. The van der Waals surface area contributed by atoms with Crippen LogP contribution in [-0.4, -0.2) is 24.7 Å². The lowest BCUT2D eigenvalue weighted by Gasteiger charge is -2.05. The number of aliphatic carboxylic acids is 1. The largest absolute Gasteiger partial charge is 0.480 e. The predicted octanol–water partition coefficient (Wildman–Crippen LogP) is 3.29. The van der Waals surface area contributed by atoms with E-state index in [0.717, 1.165) is 10.0 Å². The van der Waals surface area contributed by atoms with Crippen LogP contribution in [0.2, 0.25) is 0 Å². The summed E-state index contributed by atoms with van der Waals surface area (Å²) in [5, 5.41) is 17.8. The second kappa shape index (κ2) is 5.97. The Morgan fingerprint density at radius 3 is 2.20 bits per heavy atom. The number of rotatable bonds is 4. The van der Waals surface area contributed by atoms with Crippen LogP contribution in [0.15, 0.2) is 57.9 Å². The molecule has 0 bridgehead atoms. The van der Waals surface area contributed by atoms with Crippen molar-refractivity contribution < 1.29 is 18.3 Å². The van der Waals surface area contributed by atoms with Crippen LogP contribution < -0.4 is 0 Å². The molecule has 25 heavy (non-hydrogen) atoms. The molecule has 3 atom stereocenters. The van der Waals surface area contributed by atoms with Gasteiger partial charge in [0.25, 0.3) is 0 Å². The number of carboxylic acid groups (broad SMARTS) is 1. The highest BCUT2D eigenvalue weighted by atomic mass is 79.9. The maximum Gasteiger partial charge on any atom is 0.326 e. The predicted molar refractivity (Wildman–Crippen MR) is 94.7 cm³/mol. The van der Waals surface area contributed by atoms with E-state index >= 15 is 0 Å². The number of carboxylic acids is 1. The summed E-state index contributed by atoms with van der Waals surface area (Å²) in [7, 11) is -3.97. The molecule has 0 radical (unpaired) electrons. The van der Waals surface area contributed by atoms with Gasteiger partial charge in [-0.25, -0.2) is 8.42 Å². The van der Waals surface area contributed by atoms with Crippen LogP contribution in [0.1, 0.15) is 17.0 Å². The summed E-state index contributed by atoms with van der Waals surface area (Å²) in [6.45, 7) is 1.83. The van der Waals surface area contributed by atoms with Crippen molar-refractivity contribution in [2.75, 3.05) is 0 Å². The van der Waals surface area contributed by atoms with Gasteiger partial charge in [0, 0.05) is 10.4 Å². The second-order valence-electron chi connectivity index (χ2n) is 6.09. The molecule has 1 aliphatic carbocycles. The molecule has 5 nitrogen and oxygen atoms in total. The highest BCUT2D eigenvalue weighted by Gasteiger charge is 2.77. The number of hydrogen-bond acceptors (Lipinski definition) is 4. The zero-order valence-corrected chi connectivity index (χ0v) is 15.6. The number of halogens is 1. The van der Waals surface area contributed by atoms with Gasteiger partial charge in [0.2, 0.25) is 0 Å². The number of benzene rings is 2. The Labute approximate surface area is 154 Å². The van der Waals surface area contributed by atoms with Gasteiger partial charge in [0.1, 0.15) is 5.25 Å². The Kier molecular flexibility index (Phi) is 4.21. The van der Waals surface area contributed by atoms with E-state index in [2.05, 4.69) is 15.9 Å². The number of carbonyl (C=O) groups is 1. The molecule has 128 valence electrons. The van der Waals surface area contributed by atoms with Crippen LogP contribution in [0.25, 0.3) is 0 Å². The summed E-state index contributed by atoms with van der Waals surface area (Å²) in [6.07, 6.45) is 0. The van der Waals surface area contributed by atoms with E-state index in [1.165, 1.54) is 12.1 Å². The van der Waals surface area contributed by atoms with Gasteiger partial charge in [-0.1, -0.05) is 45.8 Å². The molecule has 7 heteroatoms. The molecule has 0 unspecified atom stereocenters. The van der Waals surface area contributed by atoms with E-state index in [1.807, 2.05) is 6.92 Å². The quantitative estimate of drug-likeness (QED) is 0.819. The van der Waals surface area contributed by atoms with Crippen molar-refractivity contribution in [3.8, 4) is 6.07 Å². The summed E-state index contributed by atoms with van der Waals surface area (Å²) in [5.74, 6) is -2.32. The second-order valence-corrected chi connectivity index (χ2v) is 9.08. The molecule has 0 heterocycles. The fraction of sp³-hybridized carbons (Fsp3) is 0.222. The lowest BCUT2D eigenvalue weighted by Crippen LogP contribution is -2.22. The molecular formula is C18H14BrNO4S. The SMILES string of the molecule is Cc1ccc(S(=O)(=O)[C@@H]2[C@@H](c3ccc(Br)cc3)[C@@]2(C#N)C(=O)O)cc1. The highest BCUT2D eigenvalue weighted by Crippen LogP contribution is 2.64. The van der Waals surface area contributed by atoms with Crippen LogP contribution >= 0.6 is 15.9 Å². The standard InChI is InChI=1S/C18H14BrNO4S/c1-11-2-8-14(9-3-11)25(23,24)16-15(18(16,10-20)17(21)22)12-4-6-13(19)7-5-12/h2-9,15-16H,1H3,(H,21,22)/t15-,16-,18-/m1/s1. The number of hydrogen-bond donors (Lipinski definition) is 1. The minimum atomic E-state index is -3.97. The summed E-state index contributed by atoms with van der Waals surface area (Å²) >= 11 is 3.29. The Bertz CT molecular complexity index is 977. The van der Waals surface area contributed by atoms with Crippen molar-refractivity contribution in [3.63, 3.8) is 0 Å². The van der Waals surface area contributed by atoms with Crippen molar-refractivity contribution in [3.05, 3.63) is 64.1 Å². The number of nitrogens with zero attached hydrogens (tertiary/aromatic N) is 1. The molecule has 2 aromatic carbocycles. The van der Waals surface area contributed by atoms with Crippen LogP contribution in [0.4, 0.5) is 0 Å². The molecule has 2 aromatic rings. The van der Waals surface area contributed by atoms with Gasteiger partial charge < -0.3 is 5.11 Å². The third-order valence-electron chi connectivity index (χ3n) is 4.58. The first-order valence-corrected chi connectivity index (χ1v) is 9.79. The molecule has 1 saturated carbocycles. The van der Waals surface area contributed by atoms with Crippen molar-refractivity contribution in [1.29, 1.82) is 5.26 Å². The molecule has 0 spiro atoms. The minimum Gasteiger partial charge on any atom is -0.480 e. The molecule has 1 fully saturated rings. The van der Waals surface area contributed by atoms with E-state index < -0.39 is 32.4 Å². The average molecular weight is 420 g/mol. The Morgan fingerprint density at radius 1 is 1.16 bits per heavy atom. The van der Waals surface area contributed by atoms with Crippen molar-refractivity contribution in [2.24, 2.45) is 5.41 Å². The molecule has 1 N–H and O–H groups in total. The fourth-order valence-corrected chi connectivity index (χ4v) is 5.71. The topological polar surface area (TPSA) is 95.2 Å². The van der Waals surface area contributed by atoms with Crippen LogP contribution in [0, 0.1) is 23.7 Å². The first kappa shape index (κ1) is 17.6. The van der Waals surface area contributed by atoms with E-state index in [-0.39, 0.29) is 4.90 Å². The molecule has 0 aromatic heterocycles. The van der Waals surface area contributed by atoms with E-state index in [4.69, 9.17) is 0 Å². The van der Waals surface area contributed by atoms with Crippen molar-refractivity contribution in [1.82, 2.24) is 0 Å². The smallest absolute Gasteiger partial charge is 0.326 e. The maximum absolute atomic E-state index is 13.0. The molecule has 0 amide bonds. The number of aryl methyl sites for hydroxylation is 1. The lowest BCUT2D eigenvalue weighted by molar-refractivity contribution is -0.141. The first-order valence-electron chi connectivity index (χ1n) is 7.46. The Balaban J connectivity index is 2.12. The molecule has 1 aliphatic rings. The monoisotopic (exact) mass is 419 g/mol. The lowest BCUT2D eigenvalue weighted by atomic mass is 10.0. The van der Waals surface area contributed by atoms with Gasteiger partial charge in [-0.3, -0.25) is 4.79 Å². The molecule has 3 rings (SSSR count).